The molecule has 3 N–H and O–H groups in total. The molecule has 0 aromatic rings. The standard InChI is InChI=1S/C2H6NO3P/c1-2(3)7(4,5)6/h3H,1H3,(H2,4,5,6). The largest absolute Gasteiger partial charge is 0.369 e. The molecule has 0 heterocycles. The van der Waals surface area contributed by atoms with Crippen molar-refractivity contribution in [1.29, 1.82) is 5.41 Å². The lowest BCUT2D eigenvalue weighted by atomic mass is 10.9. The summed E-state index contributed by atoms with van der Waals surface area (Å²) in [6, 6.07) is 0. The van der Waals surface area contributed by atoms with Crippen LogP contribution in [0.2, 0.25) is 0 Å². The van der Waals surface area contributed by atoms with Crippen molar-refractivity contribution in [1.82, 2.24) is 0 Å². The smallest absolute Gasteiger partial charge is 0.320 e. The summed E-state index contributed by atoms with van der Waals surface area (Å²) < 4.78 is 9.80. The average molecular weight is 123 g/mol. The fraction of sp³-hybridized carbons (Fsp3) is 0.500. The Morgan fingerprint density at radius 1 is 1.71 bits per heavy atom. The highest BCUT2D eigenvalue weighted by Crippen LogP contribution is 2.34. The third-order valence-corrected chi connectivity index (χ3v) is 1.31. The molecular weight excluding hydrogens is 117 g/mol. The fourth-order valence-electron chi connectivity index (χ4n) is 0. The van der Waals surface area contributed by atoms with E-state index in [1.807, 2.05) is 0 Å². The molecule has 0 saturated carbocycles. The van der Waals surface area contributed by atoms with Gasteiger partial charge in [-0.25, -0.2) is 0 Å². The van der Waals surface area contributed by atoms with Crippen LogP contribution in [0.3, 0.4) is 0 Å². The van der Waals surface area contributed by atoms with E-state index < -0.39 is 13.0 Å². The van der Waals surface area contributed by atoms with Gasteiger partial charge in [0, 0.05) is 0 Å². The molecule has 5 heteroatoms. The molecular formula is C2H6NO3P. The van der Waals surface area contributed by atoms with E-state index in [9.17, 15) is 4.57 Å². The predicted octanol–water partition coefficient (Wildman–Crippen LogP) is 0.161. The zero-order chi connectivity index (χ0) is 6.08. The molecule has 0 unspecified atom stereocenters. The van der Waals surface area contributed by atoms with Gasteiger partial charge in [-0.3, -0.25) is 9.97 Å². The second-order valence-corrected chi connectivity index (χ2v) is 2.89. The number of hydrogen-bond donors (Lipinski definition) is 3. The van der Waals surface area contributed by atoms with E-state index >= 15 is 0 Å². The molecule has 0 fully saturated rings. The molecule has 0 saturated heterocycles. The first-order chi connectivity index (χ1) is 2.94. The van der Waals surface area contributed by atoms with E-state index in [-0.39, 0.29) is 0 Å². The van der Waals surface area contributed by atoms with Crippen molar-refractivity contribution in [2.45, 2.75) is 6.92 Å². The van der Waals surface area contributed by atoms with Crippen molar-refractivity contribution < 1.29 is 14.4 Å². The van der Waals surface area contributed by atoms with Crippen molar-refractivity contribution in [3.63, 3.8) is 0 Å². The van der Waals surface area contributed by atoms with Crippen LogP contribution in [-0.2, 0) is 4.57 Å². The Bertz CT molecular complexity index is 125. The normalized spacial score (nSPS) is 11.3. The van der Waals surface area contributed by atoms with Gasteiger partial charge in [0.1, 0.15) is 5.45 Å². The predicted molar refractivity (Wildman–Crippen MR) is 25.4 cm³/mol. The minimum absolute atomic E-state index is 0.590. The first-order valence-corrected chi connectivity index (χ1v) is 3.17. The van der Waals surface area contributed by atoms with Crippen LogP contribution in [0.1, 0.15) is 6.92 Å². The molecule has 0 aliphatic heterocycles. The van der Waals surface area contributed by atoms with Gasteiger partial charge in [-0.15, -0.1) is 0 Å². The summed E-state index contributed by atoms with van der Waals surface area (Å²) in [5.74, 6) is 0. The lowest BCUT2D eigenvalue weighted by Crippen LogP contribution is -1.87. The van der Waals surface area contributed by atoms with Gasteiger partial charge >= 0.3 is 7.60 Å². The zero-order valence-electron chi connectivity index (χ0n) is 3.75. The Balaban J connectivity index is 4.09. The van der Waals surface area contributed by atoms with Gasteiger partial charge in [-0.1, -0.05) is 0 Å². The monoisotopic (exact) mass is 123 g/mol. The van der Waals surface area contributed by atoms with Gasteiger partial charge in [-0.05, 0) is 6.92 Å². The molecule has 0 aliphatic rings. The van der Waals surface area contributed by atoms with Gasteiger partial charge < -0.3 is 9.79 Å². The first-order valence-electron chi connectivity index (χ1n) is 1.56. The molecule has 0 bridgehead atoms. The van der Waals surface area contributed by atoms with Gasteiger partial charge in [-0.2, -0.15) is 0 Å². The lowest BCUT2D eigenvalue weighted by molar-refractivity contribution is 0.390. The Labute approximate surface area is 40.8 Å². The molecule has 4 nitrogen and oxygen atoms in total. The summed E-state index contributed by atoms with van der Waals surface area (Å²) in [7, 11) is -4.15. The van der Waals surface area contributed by atoms with Crippen molar-refractivity contribution in [2.75, 3.05) is 0 Å². The minimum Gasteiger partial charge on any atom is -0.320 e. The topological polar surface area (TPSA) is 81.4 Å². The van der Waals surface area contributed by atoms with Crippen LogP contribution in [0.5, 0.6) is 0 Å². The van der Waals surface area contributed by atoms with Crippen LogP contribution < -0.4 is 0 Å². The van der Waals surface area contributed by atoms with E-state index in [4.69, 9.17) is 15.2 Å². The second-order valence-electron chi connectivity index (χ2n) is 1.13. The second kappa shape index (κ2) is 1.74. The van der Waals surface area contributed by atoms with Gasteiger partial charge in [0.25, 0.3) is 0 Å². The molecule has 0 rings (SSSR count). The van der Waals surface area contributed by atoms with E-state index in [0.717, 1.165) is 6.92 Å². The minimum atomic E-state index is -4.15. The lowest BCUT2D eigenvalue weighted by Gasteiger charge is -1.95. The third kappa shape index (κ3) is 2.51. The van der Waals surface area contributed by atoms with Crippen molar-refractivity contribution in [2.24, 2.45) is 0 Å². The molecule has 0 aromatic heterocycles. The Kier molecular flexibility index (Phi) is 1.69. The van der Waals surface area contributed by atoms with Crippen molar-refractivity contribution >= 4 is 13.0 Å². The zero-order valence-corrected chi connectivity index (χ0v) is 4.64. The van der Waals surface area contributed by atoms with E-state index in [0.29, 0.717) is 0 Å². The quantitative estimate of drug-likeness (QED) is 0.343. The molecule has 7 heavy (non-hydrogen) atoms. The molecule has 0 atom stereocenters. The van der Waals surface area contributed by atoms with E-state index in [1.54, 1.807) is 0 Å². The maximum atomic E-state index is 9.80. The van der Waals surface area contributed by atoms with Crippen molar-refractivity contribution in [3.8, 4) is 0 Å². The Morgan fingerprint density at radius 3 is 1.86 bits per heavy atom. The summed E-state index contributed by atoms with van der Waals surface area (Å²) in [6.45, 7) is 1.07. The van der Waals surface area contributed by atoms with Crippen LogP contribution in [0, 0.1) is 5.41 Å². The number of rotatable bonds is 1. The van der Waals surface area contributed by atoms with Gasteiger partial charge in [0.15, 0.2) is 0 Å². The number of hydrogen-bond acceptors (Lipinski definition) is 2. The van der Waals surface area contributed by atoms with E-state index in [2.05, 4.69) is 0 Å². The summed E-state index contributed by atoms with van der Waals surface area (Å²) in [5.41, 5.74) is -0.590. The Hall–Kier alpha value is -0.180. The highest BCUT2D eigenvalue weighted by atomic mass is 31.2. The van der Waals surface area contributed by atoms with Crippen LogP contribution >= 0.6 is 7.60 Å². The molecule has 0 aromatic carbocycles. The Morgan fingerprint density at radius 2 is 1.86 bits per heavy atom. The molecule has 0 amide bonds. The third-order valence-electron chi connectivity index (χ3n) is 0.437. The van der Waals surface area contributed by atoms with Crippen LogP contribution in [0.15, 0.2) is 0 Å². The molecule has 0 spiro atoms. The van der Waals surface area contributed by atoms with Crippen LogP contribution in [0.4, 0.5) is 0 Å². The summed E-state index contributed by atoms with van der Waals surface area (Å²) in [5, 5.41) is 6.38. The average Bonchev–Trinajstić information content (AvgIpc) is 1.31. The molecule has 0 aliphatic carbocycles. The number of nitrogens with one attached hydrogen (secondary N) is 1. The van der Waals surface area contributed by atoms with E-state index in [1.165, 1.54) is 0 Å². The fourth-order valence-corrected chi connectivity index (χ4v) is 0. The maximum Gasteiger partial charge on any atom is 0.369 e. The SMILES string of the molecule is CC(=N)P(=O)(O)O. The molecule has 0 radical (unpaired) electrons. The highest BCUT2D eigenvalue weighted by molar-refractivity contribution is 7.70. The van der Waals surface area contributed by atoms with Crippen molar-refractivity contribution in [3.05, 3.63) is 0 Å². The highest BCUT2D eigenvalue weighted by Gasteiger charge is 2.14. The maximum absolute atomic E-state index is 9.80. The van der Waals surface area contributed by atoms with Crippen LogP contribution in [-0.4, -0.2) is 15.2 Å². The molecule has 42 valence electrons. The summed E-state index contributed by atoms with van der Waals surface area (Å²) in [6.07, 6.45) is 0. The first kappa shape index (κ1) is 6.82. The summed E-state index contributed by atoms with van der Waals surface area (Å²) in [4.78, 5) is 16.0. The van der Waals surface area contributed by atoms with Crippen LogP contribution in [0.25, 0.3) is 0 Å². The van der Waals surface area contributed by atoms with Gasteiger partial charge in [0.05, 0.1) is 0 Å². The van der Waals surface area contributed by atoms with Gasteiger partial charge in [0.2, 0.25) is 0 Å². The summed E-state index contributed by atoms with van der Waals surface area (Å²) >= 11 is 0.